The predicted molar refractivity (Wildman–Crippen MR) is 128 cm³/mol. The van der Waals surface area contributed by atoms with Gasteiger partial charge < -0.3 is 24.8 Å². The maximum Gasteiger partial charge on any atom is 0.407 e. The van der Waals surface area contributed by atoms with Crippen LogP contribution in [0.4, 0.5) is 4.79 Å². The van der Waals surface area contributed by atoms with Crippen LogP contribution in [0, 0.1) is 11.8 Å². The smallest absolute Gasteiger partial charge is 0.407 e. The molecule has 0 spiro atoms. The first-order valence-corrected chi connectivity index (χ1v) is 12.1. The molecule has 1 aliphatic heterocycles. The lowest BCUT2D eigenvalue weighted by atomic mass is 9.79. The van der Waals surface area contributed by atoms with Gasteiger partial charge in [-0.25, -0.2) is 4.79 Å². The SMILES string of the molecule is CN(C(=O)[C@@H]1OCC[C@@H]1CNC(=O)OCC1c2ccccc2-c2ccccc21)C1CC(C(=O)O)C1. The average molecular weight is 479 g/mol. The van der Waals surface area contributed by atoms with Crippen molar-refractivity contribution in [3.63, 3.8) is 0 Å². The summed E-state index contributed by atoms with van der Waals surface area (Å²) in [6, 6.07) is 16.3. The normalized spacial score (nSPS) is 24.7. The number of carbonyl (C=O) groups is 3. The number of hydrogen-bond donors (Lipinski definition) is 2. The lowest BCUT2D eigenvalue weighted by molar-refractivity contribution is -0.154. The molecule has 2 aromatic rings. The van der Waals surface area contributed by atoms with Crippen LogP contribution in [0.15, 0.2) is 48.5 Å². The Morgan fingerprint density at radius 1 is 1.06 bits per heavy atom. The Labute approximate surface area is 204 Å². The highest BCUT2D eigenvalue weighted by Crippen LogP contribution is 2.44. The monoisotopic (exact) mass is 478 g/mol. The molecule has 3 aliphatic rings. The number of alkyl carbamates (subject to hydrolysis) is 1. The molecule has 2 aliphatic carbocycles. The zero-order valence-corrected chi connectivity index (χ0v) is 19.7. The number of rotatable bonds is 7. The molecule has 0 aromatic heterocycles. The molecule has 1 saturated heterocycles. The number of nitrogens with zero attached hydrogens (tertiary/aromatic N) is 1. The van der Waals surface area contributed by atoms with E-state index in [4.69, 9.17) is 14.6 Å². The Hall–Kier alpha value is -3.39. The van der Waals surface area contributed by atoms with E-state index >= 15 is 0 Å². The fourth-order valence-corrected chi connectivity index (χ4v) is 5.47. The average Bonchev–Trinajstić information content (AvgIpc) is 3.42. The van der Waals surface area contributed by atoms with Crippen LogP contribution >= 0.6 is 0 Å². The molecule has 2 aromatic carbocycles. The fourth-order valence-electron chi connectivity index (χ4n) is 5.47. The van der Waals surface area contributed by atoms with Gasteiger partial charge >= 0.3 is 12.1 Å². The fraction of sp³-hybridized carbons (Fsp3) is 0.444. The zero-order valence-electron chi connectivity index (χ0n) is 19.7. The Bertz CT molecular complexity index is 1080. The number of amides is 2. The molecular formula is C27H30N2O6. The highest BCUT2D eigenvalue weighted by Gasteiger charge is 2.43. The molecule has 2 N–H and O–H groups in total. The first kappa shape index (κ1) is 23.4. The number of benzene rings is 2. The summed E-state index contributed by atoms with van der Waals surface area (Å²) in [5.41, 5.74) is 4.65. The van der Waals surface area contributed by atoms with Gasteiger partial charge in [0.05, 0.1) is 5.92 Å². The van der Waals surface area contributed by atoms with Crippen molar-refractivity contribution >= 4 is 18.0 Å². The largest absolute Gasteiger partial charge is 0.481 e. The van der Waals surface area contributed by atoms with Crippen molar-refractivity contribution in [3.8, 4) is 11.1 Å². The second-order valence-corrected chi connectivity index (χ2v) is 9.66. The van der Waals surface area contributed by atoms with Crippen molar-refractivity contribution in [3.05, 3.63) is 59.7 Å². The molecule has 0 bridgehead atoms. The first-order valence-electron chi connectivity index (χ1n) is 12.1. The number of hydrogen-bond acceptors (Lipinski definition) is 5. The number of nitrogens with one attached hydrogen (secondary N) is 1. The summed E-state index contributed by atoms with van der Waals surface area (Å²) in [5, 5.41) is 11.9. The van der Waals surface area contributed by atoms with E-state index in [0.717, 1.165) is 11.1 Å². The van der Waals surface area contributed by atoms with Crippen molar-refractivity contribution in [2.45, 2.75) is 37.3 Å². The van der Waals surface area contributed by atoms with Crippen molar-refractivity contribution in [2.75, 3.05) is 26.8 Å². The molecule has 8 nitrogen and oxygen atoms in total. The van der Waals surface area contributed by atoms with Gasteiger partial charge in [-0.2, -0.15) is 0 Å². The molecule has 0 radical (unpaired) electrons. The summed E-state index contributed by atoms with van der Waals surface area (Å²) in [5.74, 6) is -1.52. The van der Waals surface area contributed by atoms with Crippen LogP contribution < -0.4 is 5.32 Å². The lowest BCUT2D eigenvalue weighted by Gasteiger charge is -2.40. The number of aliphatic carboxylic acids is 1. The minimum absolute atomic E-state index is 0.0111. The minimum atomic E-state index is -0.815. The third-order valence-electron chi connectivity index (χ3n) is 7.67. The van der Waals surface area contributed by atoms with E-state index in [0.29, 0.717) is 25.9 Å². The zero-order chi connectivity index (χ0) is 24.5. The van der Waals surface area contributed by atoms with Crippen LogP contribution in [0.1, 0.15) is 36.3 Å². The topological polar surface area (TPSA) is 105 Å². The molecule has 0 unspecified atom stereocenters. The molecule has 2 amide bonds. The van der Waals surface area contributed by atoms with Gasteiger partial charge in [0.1, 0.15) is 12.7 Å². The van der Waals surface area contributed by atoms with E-state index in [9.17, 15) is 14.4 Å². The third-order valence-corrected chi connectivity index (χ3v) is 7.67. The van der Waals surface area contributed by atoms with E-state index in [1.54, 1.807) is 11.9 Å². The van der Waals surface area contributed by atoms with Gasteiger partial charge in [-0.15, -0.1) is 0 Å². The molecule has 2 fully saturated rings. The predicted octanol–water partition coefficient (Wildman–Crippen LogP) is 3.25. The summed E-state index contributed by atoms with van der Waals surface area (Å²) in [6.45, 7) is 0.964. The van der Waals surface area contributed by atoms with Gasteiger partial charge in [0.25, 0.3) is 5.91 Å². The van der Waals surface area contributed by atoms with Crippen molar-refractivity contribution in [2.24, 2.45) is 11.8 Å². The highest BCUT2D eigenvalue weighted by atomic mass is 16.5. The number of ether oxygens (including phenoxy) is 2. The number of carboxylic acids is 1. The Morgan fingerprint density at radius 2 is 1.69 bits per heavy atom. The second kappa shape index (κ2) is 9.70. The van der Waals surface area contributed by atoms with Gasteiger partial charge in [-0.3, -0.25) is 9.59 Å². The van der Waals surface area contributed by atoms with Gasteiger partial charge in [-0.05, 0) is 41.5 Å². The van der Waals surface area contributed by atoms with Crippen LogP contribution in [-0.2, 0) is 19.1 Å². The van der Waals surface area contributed by atoms with Crippen LogP contribution in [0.3, 0.4) is 0 Å². The Balaban J connectivity index is 1.13. The van der Waals surface area contributed by atoms with Gasteiger partial charge in [-0.1, -0.05) is 48.5 Å². The standard InChI is InChI=1S/C27H30N2O6/c1-29(18-12-17(13-18)26(31)32)25(30)24-16(10-11-34-24)14-28-27(33)35-15-23-21-8-4-2-6-19(21)20-7-3-5-9-22(20)23/h2-9,16-18,23-24H,10-15H2,1H3,(H,28,33)(H,31,32)/t16-,17?,18?,24-/m1/s1. The molecule has 1 heterocycles. The third kappa shape index (κ3) is 4.50. The molecular weight excluding hydrogens is 448 g/mol. The van der Waals surface area contributed by atoms with E-state index in [-0.39, 0.29) is 42.9 Å². The van der Waals surface area contributed by atoms with E-state index < -0.39 is 18.2 Å². The molecule has 8 heteroatoms. The van der Waals surface area contributed by atoms with Crippen LogP contribution in [0.2, 0.25) is 0 Å². The van der Waals surface area contributed by atoms with Gasteiger partial charge in [0.2, 0.25) is 0 Å². The number of fused-ring (bicyclic) bond motifs is 3. The minimum Gasteiger partial charge on any atom is -0.481 e. The maximum absolute atomic E-state index is 13.0. The van der Waals surface area contributed by atoms with E-state index in [2.05, 4.69) is 29.6 Å². The summed E-state index contributed by atoms with van der Waals surface area (Å²) in [6.07, 6.45) is 0.440. The Kier molecular flexibility index (Phi) is 6.47. The van der Waals surface area contributed by atoms with Crippen LogP contribution in [0.25, 0.3) is 11.1 Å². The highest BCUT2D eigenvalue weighted by molar-refractivity contribution is 5.82. The molecule has 1 saturated carbocycles. The van der Waals surface area contributed by atoms with Crippen LogP contribution in [-0.4, -0.2) is 66.9 Å². The molecule has 2 atom stereocenters. The van der Waals surface area contributed by atoms with Crippen molar-refractivity contribution in [1.29, 1.82) is 0 Å². The summed E-state index contributed by atoms with van der Waals surface area (Å²) in [7, 11) is 1.70. The summed E-state index contributed by atoms with van der Waals surface area (Å²) in [4.78, 5) is 38.1. The Morgan fingerprint density at radius 3 is 2.31 bits per heavy atom. The van der Waals surface area contributed by atoms with E-state index in [1.165, 1.54) is 11.1 Å². The van der Waals surface area contributed by atoms with Crippen LogP contribution in [0.5, 0.6) is 0 Å². The van der Waals surface area contributed by atoms with Crippen molar-refractivity contribution < 1.29 is 29.0 Å². The quantitative estimate of drug-likeness (QED) is 0.633. The number of carboxylic acid groups (broad SMARTS) is 1. The van der Waals surface area contributed by atoms with Gasteiger partial charge in [0, 0.05) is 38.1 Å². The second-order valence-electron chi connectivity index (χ2n) is 9.66. The summed E-state index contributed by atoms with van der Waals surface area (Å²) >= 11 is 0. The lowest BCUT2D eigenvalue weighted by Crippen LogP contribution is -2.52. The molecule has 184 valence electrons. The van der Waals surface area contributed by atoms with Gasteiger partial charge in [0.15, 0.2) is 0 Å². The molecule has 35 heavy (non-hydrogen) atoms. The number of carbonyl (C=O) groups excluding carboxylic acids is 2. The summed E-state index contributed by atoms with van der Waals surface area (Å²) < 4.78 is 11.3. The van der Waals surface area contributed by atoms with E-state index in [1.807, 2.05) is 24.3 Å². The maximum atomic E-state index is 13.0. The first-order chi connectivity index (χ1) is 16.9. The number of likely N-dealkylation sites (N-methyl/N-ethyl adjacent to an activating group) is 1. The van der Waals surface area contributed by atoms with Crippen molar-refractivity contribution in [1.82, 2.24) is 10.2 Å². The molecule has 5 rings (SSSR count).